The normalized spacial score (nSPS) is 23.6. The van der Waals surface area contributed by atoms with Gasteiger partial charge in [-0.3, -0.25) is 9.59 Å². The van der Waals surface area contributed by atoms with E-state index in [0.29, 0.717) is 37.8 Å². The Morgan fingerprint density at radius 2 is 1.38 bits per heavy atom. The fourth-order valence-electron chi connectivity index (χ4n) is 7.41. The number of carbonyl (C=O) groups is 2. The first-order valence-corrected chi connectivity index (χ1v) is 15.3. The summed E-state index contributed by atoms with van der Waals surface area (Å²) in [6, 6.07) is 6.43. The van der Waals surface area contributed by atoms with Gasteiger partial charge in [-0.1, -0.05) is 59.9 Å². The van der Waals surface area contributed by atoms with Gasteiger partial charge in [0.05, 0.1) is 13.2 Å². The number of benzene rings is 1. The van der Waals surface area contributed by atoms with Gasteiger partial charge < -0.3 is 14.4 Å². The van der Waals surface area contributed by atoms with Crippen LogP contribution < -0.4 is 9.47 Å². The molecule has 1 fully saturated rings. The number of ketones is 2. The Morgan fingerprint density at radius 3 is 1.92 bits per heavy atom. The molecular weight excluding hydrogens is 486 g/mol. The fourth-order valence-corrected chi connectivity index (χ4v) is 7.41. The van der Waals surface area contributed by atoms with E-state index in [4.69, 9.17) is 9.47 Å². The van der Waals surface area contributed by atoms with E-state index in [1.54, 1.807) is 0 Å². The van der Waals surface area contributed by atoms with E-state index in [1.165, 1.54) is 30.7 Å². The third-order valence-electron chi connectivity index (χ3n) is 8.95. The van der Waals surface area contributed by atoms with Crippen molar-refractivity contribution < 1.29 is 19.1 Å². The molecule has 0 saturated heterocycles. The van der Waals surface area contributed by atoms with Crippen molar-refractivity contribution in [1.29, 1.82) is 0 Å². The van der Waals surface area contributed by atoms with Crippen LogP contribution >= 0.6 is 0 Å². The number of allylic oxidation sites excluding steroid dienone is 4. The highest BCUT2D eigenvalue weighted by molar-refractivity contribution is 6.06. The zero-order valence-corrected chi connectivity index (χ0v) is 25.0. The molecule has 1 saturated carbocycles. The van der Waals surface area contributed by atoms with Gasteiger partial charge in [0.15, 0.2) is 23.1 Å². The van der Waals surface area contributed by atoms with Crippen LogP contribution in [0.1, 0.15) is 117 Å². The zero-order chi connectivity index (χ0) is 27.9. The molecule has 0 radical (unpaired) electrons. The number of rotatable bonds is 7. The largest absolute Gasteiger partial charge is 0.490 e. The van der Waals surface area contributed by atoms with Crippen LogP contribution in [-0.2, 0) is 9.59 Å². The van der Waals surface area contributed by atoms with E-state index < -0.39 is 0 Å². The predicted molar refractivity (Wildman–Crippen MR) is 155 cm³/mol. The molecule has 1 aromatic carbocycles. The van der Waals surface area contributed by atoms with Crippen molar-refractivity contribution in [1.82, 2.24) is 4.90 Å². The zero-order valence-electron chi connectivity index (χ0n) is 25.0. The minimum absolute atomic E-state index is 0.103. The summed E-state index contributed by atoms with van der Waals surface area (Å²) in [5, 5.41) is 0. The molecule has 39 heavy (non-hydrogen) atoms. The van der Waals surface area contributed by atoms with Crippen molar-refractivity contribution >= 4 is 11.6 Å². The molecule has 0 atom stereocenters. The molecular formula is C34H47NO4. The molecule has 0 unspecified atom stereocenters. The van der Waals surface area contributed by atoms with Crippen LogP contribution in [0.3, 0.4) is 0 Å². The second-order valence-electron chi connectivity index (χ2n) is 13.7. The lowest BCUT2D eigenvalue weighted by molar-refractivity contribution is -0.119. The van der Waals surface area contributed by atoms with Gasteiger partial charge in [0, 0.05) is 47.3 Å². The second-order valence-corrected chi connectivity index (χ2v) is 13.7. The van der Waals surface area contributed by atoms with Gasteiger partial charge in [-0.15, -0.1) is 0 Å². The third kappa shape index (κ3) is 5.43. The number of carbonyl (C=O) groups excluding carboxylic acids is 2. The second kappa shape index (κ2) is 10.8. The van der Waals surface area contributed by atoms with E-state index >= 15 is 0 Å². The molecule has 0 spiro atoms. The van der Waals surface area contributed by atoms with Crippen molar-refractivity contribution in [2.45, 2.75) is 118 Å². The summed E-state index contributed by atoms with van der Waals surface area (Å²) in [6.45, 7) is 14.1. The van der Waals surface area contributed by atoms with Crippen LogP contribution in [0.25, 0.3) is 0 Å². The van der Waals surface area contributed by atoms with E-state index in [1.807, 2.05) is 19.1 Å². The Balaban J connectivity index is 1.73. The van der Waals surface area contributed by atoms with Gasteiger partial charge in [0.1, 0.15) is 0 Å². The highest BCUT2D eigenvalue weighted by Crippen LogP contribution is 2.56. The van der Waals surface area contributed by atoms with Crippen LogP contribution in [0.4, 0.5) is 0 Å². The Bertz CT molecular complexity index is 1140. The van der Waals surface area contributed by atoms with Crippen LogP contribution in [0.2, 0.25) is 0 Å². The standard InChI is InChI=1S/C34H47NO4/c1-7-16-39-28-15-14-22(17-29(28)38-8-2)30-31-24(18-33(3,4)20-26(31)36)35(23-12-10-9-11-13-23)25-19-34(5,6)21-27(37)32(25)30/h14-15,17,23,30H,7-13,16,18-21H2,1-6H3. The number of ether oxygens (including phenoxy) is 2. The smallest absolute Gasteiger partial charge is 0.162 e. The van der Waals surface area contributed by atoms with Gasteiger partial charge in [-0.05, 0) is 67.6 Å². The van der Waals surface area contributed by atoms with Crippen molar-refractivity contribution in [3.05, 3.63) is 46.3 Å². The molecule has 1 heterocycles. The molecule has 5 rings (SSSR count). The lowest BCUT2D eigenvalue weighted by atomic mass is 9.63. The van der Waals surface area contributed by atoms with Gasteiger partial charge in [-0.25, -0.2) is 0 Å². The summed E-state index contributed by atoms with van der Waals surface area (Å²) in [6.07, 6.45) is 9.60. The summed E-state index contributed by atoms with van der Waals surface area (Å²) in [5.41, 5.74) is 4.84. The molecule has 0 bridgehead atoms. The maximum atomic E-state index is 14.1. The number of Topliss-reactive ketones (excluding diaryl/α,β-unsaturated/α-hetero) is 2. The summed E-state index contributed by atoms with van der Waals surface area (Å²) in [4.78, 5) is 30.7. The highest BCUT2D eigenvalue weighted by Gasteiger charge is 2.50. The lowest BCUT2D eigenvalue weighted by Crippen LogP contribution is -2.48. The maximum absolute atomic E-state index is 14.1. The topological polar surface area (TPSA) is 55.8 Å². The van der Waals surface area contributed by atoms with Gasteiger partial charge in [-0.2, -0.15) is 0 Å². The summed E-state index contributed by atoms with van der Waals surface area (Å²) in [7, 11) is 0. The van der Waals surface area contributed by atoms with Crippen LogP contribution in [0.5, 0.6) is 11.5 Å². The van der Waals surface area contributed by atoms with E-state index in [-0.39, 0.29) is 28.3 Å². The highest BCUT2D eigenvalue weighted by atomic mass is 16.5. The first-order valence-electron chi connectivity index (χ1n) is 15.3. The molecule has 212 valence electrons. The van der Waals surface area contributed by atoms with Gasteiger partial charge >= 0.3 is 0 Å². The Morgan fingerprint density at radius 1 is 0.795 bits per heavy atom. The van der Waals surface area contributed by atoms with Crippen LogP contribution in [-0.4, -0.2) is 35.7 Å². The molecule has 1 aromatic rings. The summed E-state index contributed by atoms with van der Waals surface area (Å²) >= 11 is 0. The van der Waals surface area contributed by atoms with Crippen LogP contribution in [0, 0.1) is 10.8 Å². The molecule has 0 amide bonds. The fraction of sp³-hybridized carbons (Fsp3) is 0.647. The molecule has 5 heteroatoms. The predicted octanol–water partition coefficient (Wildman–Crippen LogP) is 7.89. The first-order chi connectivity index (χ1) is 18.5. The quantitative estimate of drug-likeness (QED) is 0.357. The van der Waals surface area contributed by atoms with E-state index in [2.05, 4.69) is 45.6 Å². The average molecular weight is 534 g/mol. The molecule has 0 N–H and O–H groups in total. The molecule has 4 aliphatic rings. The maximum Gasteiger partial charge on any atom is 0.162 e. The monoisotopic (exact) mass is 533 g/mol. The summed E-state index contributed by atoms with van der Waals surface area (Å²) in [5.74, 6) is 1.45. The minimum atomic E-state index is -0.346. The molecule has 0 aromatic heterocycles. The number of hydrogen-bond acceptors (Lipinski definition) is 5. The number of hydrogen-bond donors (Lipinski definition) is 0. The average Bonchev–Trinajstić information content (AvgIpc) is 2.86. The lowest BCUT2D eigenvalue weighted by Gasteiger charge is -2.52. The number of nitrogens with zero attached hydrogens (tertiary/aromatic N) is 1. The SMILES string of the molecule is CCCOc1ccc(C2C3=C(CC(C)(C)CC3=O)N(C3CCCCC3)C3=C2C(=O)CC(C)(C)C3)cc1OCC. The third-order valence-corrected chi connectivity index (χ3v) is 8.95. The minimum Gasteiger partial charge on any atom is -0.490 e. The van der Waals surface area contributed by atoms with E-state index in [9.17, 15) is 9.59 Å². The first kappa shape index (κ1) is 28.0. The van der Waals surface area contributed by atoms with Crippen LogP contribution in [0.15, 0.2) is 40.7 Å². The Labute approximate surface area is 235 Å². The van der Waals surface area contributed by atoms with Gasteiger partial charge in [0.2, 0.25) is 0 Å². The van der Waals surface area contributed by atoms with Crippen molar-refractivity contribution in [2.75, 3.05) is 13.2 Å². The summed E-state index contributed by atoms with van der Waals surface area (Å²) < 4.78 is 12.0. The van der Waals surface area contributed by atoms with Crippen molar-refractivity contribution in [3.8, 4) is 11.5 Å². The Hall–Kier alpha value is -2.56. The van der Waals surface area contributed by atoms with Gasteiger partial charge in [0.25, 0.3) is 0 Å². The molecule has 3 aliphatic carbocycles. The Kier molecular flexibility index (Phi) is 7.74. The van der Waals surface area contributed by atoms with Crippen molar-refractivity contribution in [2.24, 2.45) is 10.8 Å². The van der Waals surface area contributed by atoms with Crippen molar-refractivity contribution in [3.63, 3.8) is 0 Å². The molecule has 5 nitrogen and oxygen atoms in total. The molecule has 1 aliphatic heterocycles. The van der Waals surface area contributed by atoms with E-state index in [0.717, 1.165) is 54.6 Å².